The molecule has 0 aliphatic heterocycles. The lowest BCUT2D eigenvalue weighted by molar-refractivity contribution is 1.18. The molecular formula is C53H32N4S. The Kier molecular flexibility index (Phi) is 7.37. The number of hydrogen-bond donors (Lipinski definition) is 0. The quantitative estimate of drug-likeness (QED) is 0.164. The topological polar surface area (TPSA) is 43.6 Å². The molecule has 0 radical (unpaired) electrons. The van der Waals surface area contributed by atoms with Gasteiger partial charge in [-0.2, -0.15) is 0 Å². The SMILES string of the molecule is c1ccc(-c2nc(-c3ccc4c(c3)c3ccccc3n4-c3ccccc3)cc(-c3cccc4c3sc3ccc5c(-c6ccccc6)nc6ccccc6c5c34)n2)cc1. The van der Waals surface area contributed by atoms with E-state index in [-0.39, 0.29) is 0 Å². The van der Waals surface area contributed by atoms with Crippen LogP contribution in [0.2, 0.25) is 0 Å². The maximum Gasteiger partial charge on any atom is 0.160 e. The second-order valence-corrected chi connectivity index (χ2v) is 15.8. The van der Waals surface area contributed by atoms with Crippen molar-refractivity contribution in [2.45, 2.75) is 0 Å². The lowest BCUT2D eigenvalue weighted by Gasteiger charge is -2.12. The van der Waals surface area contributed by atoms with Crippen molar-refractivity contribution in [1.29, 1.82) is 0 Å². The van der Waals surface area contributed by atoms with Gasteiger partial charge in [-0.15, -0.1) is 11.3 Å². The van der Waals surface area contributed by atoms with Crippen molar-refractivity contribution in [3.63, 3.8) is 0 Å². The van der Waals surface area contributed by atoms with Crippen LogP contribution >= 0.6 is 11.3 Å². The highest BCUT2D eigenvalue weighted by molar-refractivity contribution is 7.26. The fourth-order valence-corrected chi connectivity index (χ4v) is 10.0. The molecular weight excluding hydrogens is 725 g/mol. The Bertz CT molecular complexity index is 3550. The minimum absolute atomic E-state index is 0.702. The van der Waals surface area contributed by atoms with E-state index in [4.69, 9.17) is 15.0 Å². The molecule has 8 aromatic carbocycles. The first kappa shape index (κ1) is 32.7. The summed E-state index contributed by atoms with van der Waals surface area (Å²) in [6.45, 7) is 0. The van der Waals surface area contributed by atoms with Crippen LogP contribution in [0, 0.1) is 0 Å². The lowest BCUT2D eigenvalue weighted by atomic mass is 9.95. The van der Waals surface area contributed by atoms with Gasteiger partial charge in [0.2, 0.25) is 0 Å². The van der Waals surface area contributed by atoms with Gasteiger partial charge in [-0.3, -0.25) is 0 Å². The summed E-state index contributed by atoms with van der Waals surface area (Å²) in [5, 5.41) is 8.43. The van der Waals surface area contributed by atoms with Crippen LogP contribution in [0.5, 0.6) is 0 Å². The third-order valence-corrected chi connectivity index (χ3v) is 12.6. The van der Waals surface area contributed by atoms with Crippen molar-refractivity contribution >= 4 is 75.0 Å². The Morgan fingerprint density at radius 1 is 0.397 bits per heavy atom. The standard InChI is InChI=1S/C53H32N4S/c1-4-15-33(16-5-1)51-40-28-30-48-50(49(40)38-22-10-12-25-43(38)54-51)41-24-14-23-39(52(41)58-48)45-32-44(55-53(56-45)34-17-6-2-7-18-34)35-27-29-47-42(31-35)37-21-11-13-26-46(37)57(47)36-19-8-3-9-20-36/h1-32H. The maximum atomic E-state index is 5.32. The van der Waals surface area contributed by atoms with Crippen molar-refractivity contribution in [3.8, 4) is 50.8 Å². The minimum Gasteiger partial charge on any atom is -0.309 e. The molecule has 12 rings (SSSR count). The van der Waals surface area contributed by atoms with E-state index in [0.717, 1.165) is 66.8 Å². The molecule has 5 heteroatoms. The van der Waals surface area contributed by atoms with E-state index in [1.54, 1.807) is 0 Å². The van der Waals surface area contributed by atoms with E-state index >= 15 is 0 Å². The second kappa shape index (κ2) is 13.1. The van der Waals surface area contributed by atoms with Gasteiger partial charge in [-0.05, 0) is 48.5 Å². The predicted molar refractivity (Wildman–Crippen MR) is 244 cm³/mol. The van der Waals surface area contributed by atoms with Gasteiger partial charge < -0.3 is 4.57 Å². The highest BCUT2D eigenvalue weighted by Crippen LogP contribution is 2.46. The summed E-state index contributed by atoms with van der Waals surface area (Å²) >= 11 is 1.83. The molecule has 0 amide bonds. The summed E-state index contributed by atoms with van der Waals surface area (Å²) in [5.41, 5.74) is 11.5. The average Bonchev–Trinajstić information content (AvgIpc) is 3.85. The molecule has 4 nitrogen and oxygen atoms in total. The number of benzene rings is 8. The second-order valence-electron chi connectivity index (χ2n) is 14.7. The van der Waals surface area contributed by atoms with Crippen LogP contribution in [0.3, 0.4) is 0 Å². The number of nitrogens with zero attached hydrogens (tertiary/aromatic N) is 4. The maximum absolute atomic E-state index is 5.32. The summed E-state index contributed by atoms with van der Waals surface area (Å²) < 4.78 is 4.80. The number of rotatable bonds is 5. The molecule has 0 atom stereocenters. The van der Waals surface area contributed by atoms with Crippen LogP contribution < -0.4 is 0 Å². The Morgan fingerprint density at radius 2 is 1.07 bits per heavy atom. The zero-order valence-electron chi connectivity index (χ0n) is 31.2. The number of pyridine rings is 1. The lowest BCUT2D eigenvalue weighted by Crippen LogP contribution is -1.96. The molecule has 4 aromatic heterocycles. The first-order valence-electron chi connectivity index (χ1n) is 19.5. The zero-order valence-corrected chi connectivity index (χ0v) is 32.0. The van der Waals surface area contributed by atoms with Gasteiger partial charge in [0.1, 0.15) is 0 Å². The average molecular weight is 757 g/mol. The first-order valence-corrected chi connectivity index (χ1v) is 20.3. The van der Waals surface area contributed by atoms with E-state index in [1.807, 2.05) is 17.4 Å². The smallest absolute Gasteiger partial charge is 0.160 e. The van der Waals surface area contributed by atoms with Gasteiger partial charge in [0.05, 0.1) is 33.6 Å². The monoisotopic (exact) mass is 756 g/mol. The van der Waals surface area contributed by atoms with Crippen LogP contribution in [-0.2, 0) is 0 Å². The summed E-state index contributed by atoms with van der Waals surface area (Å²) in [6.07, 6.45) is 0. The summed E-state index contributed by atoms with van der Waals surface area (Å²) in [6, 6.07) is 68.8. The van der Waals surface area contributed by atoms with E-state index in [9.17, 15) is 0 Å². The van der Waals surface area contributed by atoms with Gasteiger partial charge in [-0.1, -0.05) is 146 Å². The summed E-state index contributed by atoms with van der Waals surface area (Å²) in [7, 11) is 0. The summed E-state index contributed by atoms with van der Waals surface area (Å²) in [5.74, 6) is 0.702. The van der Waals surface area contributed by atoms with Crippen molar-refractivity contribution in [2.24, 2.45) is 0 Å². The molecule has 0 saturated heterocycles. The van der Waals surface area contributed by atoms with Gasteiger partial charge in [0.25, 0.3) is 0 Å². The molecule has 12 aromatic rings. The van der Waals surface area contributed by atoms with Crippen molar-refractivity contribution < 1.29 is 0 Å². The van der Waals surface area contributed by atoms with Crippen LogP contribution in [-0.4, -0.2) is 19.5 Å². The van der Waals surface area contributed by atoms with Crippen molar-refractivity contribution in [1.82, 2.24) is 19.5 Å². The number of aromatic nitrogens is 4. The zero-order chi connectivity index (χ0) is 38.2. The molecule has 0 aliphatic carbocycles. The molecule has 0 unspecified atom stereocenters. The molecule has 0 N–H and O–H groups in total. The van der Waals surface area contributed by atoms with Crippen molar-refractivity contribution in [2.75, 3.05) is 0 Å². The minimum atomic E-state index is 0.702. The Morgan fingerprint density at radius 3 is 1.90 bits per heavy atom. The van der Waals surface area contributed by atoms with Crippen LogP contribution in [0.25, 0.3) is 115 Å². The van der Waals surface area contributed by atoms with Crippen LogP contribution in [0.4, 0.5) is 0 Å². The Balaban J connectivity index is 1.10. The highest BCUT2D eigenvalue weighted by Gasteiger charge is 2.20. The predicted octanol–water partition coefficient (Wildman–Crippen LogP) is 14.3. The molecule has 0 bridgehead atoms. The highest BCUT2D eigenvalue weighted by atomic mass is 32.1. The van der Waals surface area contributed by atoms with Gasteiger partial charge in [0, 0.05) is 75.0 Å². The Labute approximate surface area is 338 Å². The fourth-order valence-electron chi connectivity index (χ4n) is 8.78. The molecule has 0 aliphatic rings. The normalized spacial score (nSPS) is 11.8. The van der Waals surface area contributed by atoms with Gasteiger partial charge in [-0.25, -0.2) is 15.0 Å². The van der Waals surface area contributed by atoms with Gasteiger partial charge in [0.15, 0.2) is 5.82 Å². The Hall–Kier alpha value is -7.47. The third-order valence-electron chi connectivity index (χ3n) is 11.4. The third kappa shape index (κ3) is 5.11. The van der Waals surface area contributed by atoms with Crippen LogP contribution in [0.15, 0.2) is 194 Å². The van der Waals surface area contributed by atoms with Crippen molar-refractivity contribution in [3.05, 3.63) is 194 Å². The summed E-state index contributed by atoms with van der Waals surface area (Å²) in [4.78, 5) is 15.8. The number of thiophene rings is 1. The number of hydrogen-bond acceptors (Lipinski definition) is 4. The fraction of sp³-hybridized carbons (Fsp3) is 0. The van der Waals surface area contributed by atoms with E-state index in [2.05, 4.69) is 193 Å². The molecule has 0 spiro atoms. The molecule has 4 heterocycles. The molecule has 0 saturated carbocycles. The molecule has 58 heavy (non-hydrogen) atoms. The van der Waals surface area contributed by atoms with Gasteiger partial charge >= 0.3 is 0 Å². The molecule has 270 valence electrons. The van der Waals surface area contributed by atoms with E-state index < -0.39 is 0 Å². The van der Waals surface area contributed by atoms with E-state index in [1.165, 1.54) is 41.8 Å². The first-order chi connectivity index (χ1) is 28.8. The number of fused-ring (bicyclic) bond motifs is 10. The van der Waals surface area contributed by atoms with Crippen LogP contribution in [0.1, 0.15) is 0 Å². The molecule has 0 fully saturated rings. The largest absolute Gasteiger partial charge is 0.309 e. The van der Waals surface area contributed by atoms with E-state index in [0.29, 0.717) is 5.82 Å². The number of para-hydroxylation sites is 3.